The fourth-order valence-corrected chi connectivity index (χ4v) is 2.40. The fourth-order valence-electron chi connectivity index (χ4n) is 2.40. The van der Waals surface area contributed by atoms with Gasteiger partial charge in [-0.2, -0.15) is 0 Å². The Labute approximate surface area is 119 Å². The van der Waals surface area contributed by atoms with Gasteiger partial charge in [-0.25, -0.2) is 13.6 Å². The summed E-state index contributed by atoms with van der Waals surface area (Å²) in [4.78, 5) is 23.6. The Morgan fingerprint density at radius 2 is 1.90 bits per heavy atom. The number of fused-ring (bicyclic) bond motifs is 1. The maximum absolute atomic E-state index is 13.5. The number of benzene rings is 1. The SMILES string of the molecule is CCCCn1c(C(=O)O)c(C)c(=O)c2cc(F)c(F)cc21. The van der Waals surface area contributed by atoms with Gasteiger partial charge in [0.2, 0.25) is 0 Å². The van der Waals surface area contributed by atoms with E-state index >= 15 is 0 Å². The average molecular weight is 295 g/mol. The molecule has 2 aromatic rings. The van der Waals surface area contributed by atoms with Gasteiger partial charge >= 0.3 is 5.97 Å². The predicted molar refractivity (Wildman–Crippen MR) is 74.7 cm³/mol. The smallest absolute Gasteiger partial charge is 0.352 e. The van der Waals surface area contributed by atoms with Crippen molar-refractivity contribution in [3.8, 4) is 0 Å². The van der Waals surface area contributed by atoms with Crippen molar-refractivity contribution >= 4 is 16.9 Å². The first kappa shape index (κ1) is 15.2. The summed E-state index contributed by atoms with van der Waals surface area (Å²) in [5.74, 6) is -3.48. The van der Waals surface area contributed by atoms with Crippen molar-refractivity contribution in [3.05, 3.63) is 45.2 Å². The van der Waals surface area contributed by atoms with Crippen molar-refractivity contribution in [2.45, 2.75) is 33.2 Å². The van der Waals surface area contributed by atoms with Crippen LogP contribution in [0.1, 0.15) is 35.8 Å². The van der Waals surface area contributed by atoms with E-state index in [9.17, 15) is 23.5 Å². The zero-order chi connectivity index (χ0) is 15.7. The summed E-state index contributed by atoms with van der Waals surface area (Å²) in [7, 11) is 0. The lowest BCUT2D eigenvalue weighted by atomic mass is 10.1. The molecule has 6 heteroatoms. The molecule has 1 aromatic carbocycles. The Hall–Kier alpha value is -2.24. The molecule has 0 atom stereocenters. The van der Waals surface area contributed by atoms with Gasteiger partial charge in [0, 0.05) is 23.6 Å². The van der Waals surface area contributed by atoms with E-state index in [0.29, 0.717) is 13.0 Å². The third kappa shape index (κ3) is 2.53. The van der Waals surface area contributed by atoms with Crippen molar-refractivity contribution in [3.63, 3.8) is 0 Å². The topological polar surface area (TPSA) is 59.3 Å². The summed E-state index contributed by atoms with van der Waals surface area (Å²) in [5, 5.41) is 9.32. The van der Waals surface area contributed by atoms with E-state index in [0.717, 1.165) is 18.6 Å². The zero-order valence-corrected chi connectivity index (χ0v) is 11.7. The first-order chi connectivity index (χ1) is 9.88. The maximum Gasteiger partial charge on any atom is 0.352 e. The number of hydrogen-bond donors (Lipinski definition) is 1. The number of rotatable bonds is 4. The van der Waals surface area contributed by atoms with Crippen LogP contribution in [0.3, 0.4) is 0 Å². The second-order valence-corrected chi connectivity index (χ2v) is 4.90. The van der Waals surface area contributed by atoms with E-state index in [2.05, 4.69) is 0 Å². The molecule has 1 heterocycles. The first-order valence-electron chi connectivity index (χ1n) is 6.64. The van der Waals surface area contributed by atoms with Crippen LogP contribution in [0.5, 0.6) is 0 Å². The van der Waals surface area contributed by atoms with Gasteiger partial charge in [-0.05, 0) is 19.4 Å². The lowest BCUT2D eigenvalue weighted by Gasteiger charge is -2.16. The molecule has 0 saturated carbocycles. The highest BCUT2D eigenvalue weighted by Crippen LogP contribution is 2.20. The second kappa shape index (κ2) is 5.63. The standard InChI is InChI=1S/C15H15F2NO3/c1-3-4-5-18-12-7-11(17)10(16)6-9(12)14(19)8(2)13(18)15(20)21/h6-7H,3-5H2,1-2H3,(H,20,21). The molecule has 4 nitrogen and oxygen atoms in total. The van der Waals surface area contributed by atoms with Crippen LogP contribution in [0.2, 0.25) is 0 Å². The van der Waals surface area contributed by atoms with E-state index in [1.54, 1.807) is 0 Å². The van der Waals surface area contributed by atoms with Crippen molar-refractivity contribution in [2.75, 3.05) is 0 Å². The molecule has 2 rings (SSSR count). The summed E-state index contributed by atoms with van der Waals surface area (Å²) in [5.41, 5.74) is -0.631. The fraction of sp³-hybridized carbons (Fsp3) is 0.333. The highest BCUT2D eigenvalue weighted by Gasteiger charge is 2.20. The van der Waals surface area contributed by atoms with Gasteiger partial charge in [-0.1, -0.05) is 13.3 Å². The monoisotopic (exact) mass is 295 g/mol. The van der Waals surface area contributed by atoms with Crippen molar-refractivity contribution in [1.82, 2.24) is 4.57 Å². The molecule has 0 aliphatic rings. The van der Waals surface area contributed by atoms with E-state index in [1.807, 2.05) is 6.92 Å². The number of carbonyl (C=O) groups is 1. The van der Waals surface area contributed by atoms with E-state index in [4.69, 9.17) is 0 Å². The number of halogens is 2. The minimum Gasteiger partial charge on any atom is -0.477 e. The van der Waals surface area contributed by atoms with Crippen LogP contribution in [0.4, 0.5) is 8.78 Å². The van der Waals surface area contributed by atoms with Gasteiger partial charge in [0.1, 0.15) is 5.69 Å². The normalized spacial score (nSPS) is 11.0. The minimum atomic E-state index is -1.26. The number of aromatic nitrogens is 1. The van der Waals surface area contributed by atoms with Gasteiger partial charge in [-0.15, -0.1) is 0 Å². The van der Waals surface area contributed by atoms with Crippen LogP contribution < -0.4 is 5.43 Å². The Morgan fingerprint density at radius 3 is 2.48 bits per heavy atom. The molecule has 0 saturated heterocycles. The van der Waals surface area contributed by atoms with Crippen molar-refractivity contribution < 1.29 is 18.7 Å². The highest BCUT2D eigenvalue weighted by molar-refractivity contribution is 5.92. The van der Waals surface area contributed by atoms with Gasteiger partial charge in [0.15, 0.2) is 17.1 Å². The van der Waals surface area contributed by atoms with Crippen LogP contribution in [0.25, 0.3) is 10.9 Å². The summed E-state index contributed by atoms with van der Waals surface area (Å²) >= 11 is 0. The molecule has 1 aromatic heterocycles. The number of carboxylic acid groups (broad SMARTS) is 1. The number of hydrogen-bond acceptors (Lipinski definition) is 2. The third-order valence-corrected chi connectivity index (χ3v) is 3.48. The molecular formula is C15H15F2NO3. The third-order valence-electron chi connectivity index (χ3n) is 3.48. The largest absolute Gasteiger partial charge is 0.477 e. The average Bonchev–Trinajstić information content (AvgIpc) is 2.43. The minimum absolute atomic E-state index is 0.00694. The lowest BCUT2D eigenvalue weighted by Crippen LogP contribution is -2.22. The lowest BCUT2D eigenvalue weighted by molar-refractivity contribution is 0.0683. The Balaban J connectivity index is 2.94. The van der Waals surface area contributed by atoms with Crippen LogP contribution in [-0.2, 0) is 6.54 Å². The van der Waals surface area contributed by atoms with Crippen LogP contribution in [0.15, 0.2) is 16.9 Å². The Morgan fingerprint density at radius 1 is 1.29 bits per heavy atom. The molecule has 0 aliphatic heterocycles. The van der Waals surface area contributed by atoms with Crippen molar-refractivity contribution in [1.29, 1.82) is 0 Å². The Kier molecular flexibility index (Phi) is 4.06. The molecule has 0 bridgehead atoms. The van der Waals surface area contributed by atoms with Gasteiger partial charge < -0.3 is 9.67 Å². The summed E-state index contributed by atoms with van der Waals surface area (Å²) < 4.78 is 28.2. The highest BCUT2D eigenvalue weighted by atomic mass is 19.2. The second-order valence-electron chi connectivity index (χ2n) is 4.90. The molecule has 0 fully saturated rings. The number of unbranched alkanes of at least 4 members (excludes halogenated alkanes) is 1. The van der Waals surface area contributed by atoms with Crippen LogP contribution >= 0.6 is 0 Å². The van der Waals surface area contributed by atoms with E-state index in [-0.39, 0.29) is 22.2 Å². The number of nitrogens with zero attached hydrogens (tertiary/aromatic N) is 1. The Bertz CT molecular complexity index is 781. The molecule has 0 amide bonds. The van der Waals surface area contributed by atoms with Gasteiger partial charge in [0.05, 0.1) is 5.52 Å². The summed E-state index contributed by atoms with van der Waals surface area (Å²) in [6.07, 6.45) is 1.46. The number of aromatic carboxylic acids is 1. The number of aryl methyl sites for hydroxylation is 1. The maximum atomic E-state index is 13.5. The number of carboxylic acids is 1. The van der Waals surface area contributed by atoms with Gasteiger partial charge in [-0.3, -0.25) is 4.79 Å². The van der Waals surface area contributed by atoms with Crippen LogP contribution in [-0.4, -0.2) is 15.6 Å². The van der Waals surface area contributed by atoms with E-state index < -0.39 is 23.0 Å². The number of pyridine rings is 1. The summed E-state index contributed by atoms with van der Waals surface area (Å²) in [6.45, 7) is 3.63. The van der Waals surface area contributed by atoms with Crippen LogP contribution in [0, 0.1) is 18.6 Å². The molecular weight excluding hydrogens is 280 g/mol. The molecule has 0 unspecified atom stereocenters. The molecule has 0 spiro atoms. The molecule has 0 aliphatic carbocycles. The van der Waals surface area contributed by atoms with Gasteiger partial charge in [0.25, 0.3) is 0 Å². The zero-order valence-electron chi connectivity index (χ0n) is 11.7. The predicted octanol–water partition coefficient (Wildman–Crippen LogP) is 3.09. The molecule has 1 N–H and O–H groups in total. The molecule has 0 radical (unpaired) electrons. The van der Waals surface area contributed by atoms with Crippen molar-refractivity contribution in [2.24, 2.45) is 0 Å². The first-order valence-corrected chi connectivity index (χ1v) is 6.64. The molecule has 21 heavy (non-hydrogen) atoms. The summed E-state index contributed by atoms with van der Waals surface area (Å²) in [6, 6.07) is 1.71. The van der Waals surface area contributed by atoms with E-state index in [1.165, 1.54) is 11.5 Å². The quantitative estimate of drug-likeness (QED) is 0.943. The molecule has 112 valence electrons.